The smallest absolute Gasteiger partial charge is 0.407 e. The van der Waals surface area contributed by atoms with Gasteiger partial charge in [0.2, 0.25) is 0 Å². The average Bonchev–Trinajstić information content (AvgIpc) is 2.08. The molecule has 0 heterocycles. The van der Waals surface area contributed by atoms with E-state index in [-0.39, 0.29) is 18.4 Å². The normalized spacial score (nSPS) is 9.88. The molecule has 6 heteroatoms. The molecule has 0 radical (unpaired) electrons. The Labute approximate surface area is 105 Å². The van der Waals surface area contributed by atoms with E-state index < -0.39 is 5.60 Å². The first-order valence-corrected chi connectivity index (χ1v) is 5.62. The van der Waals surface area contributed by atoms with Gasteiger partial charge in [-0.15, -0.1) is 0 Å². The van der Waals surface area contributed by atoms with Crippen molar-refractivity contribution in [3.63, 3.8) is 0 Å². The predicted octanol–water partition coefficient (Wildman–Crippen LogP) is 2.35. The fraction of sp³-hybridized carbons (Fsp3) is 0.909. The highest BCUT2D eigenvalue weighted by molar-refractivity contribution is 5.67. The maximum atomic E-state index is 11.2. The summed E-state index contributed by atoms with van der Waals surface area (Å²) in [6.07, 6.45) is 3.95. The molecule has 106 valence electrons. The molecule has 0 aliphatic heterocycles. The van der Waals surface area contributed by atoms with Gasteiger partial charge >= 0.3 is 6.09 Å². The third-order valence-electron chi connectivity index (χ3n) is 1.80. The standard InChI is InChI=1S/C11H24N2O2.2H3N/c1-11(2,3)15-10(14)13-9-7-5-4-6-8-12;;/h4-9,12H2,1-3H3,(H,13,14);2*1H3. The summed E-state index contributed by atoms with van der Waals surface area (Å²) in [5.41, 5.74) is 4.96. The van der Waals surface area contributed by atoms with Crippen molar-refractivity contribution >= 4 is 6.09 Å². The van der Waals surface area contributed by atoms with Crippen LogP contribution in [0.3, 0.4) is 0 Å². The van der Waals surface area contributed by atoms with Gasteiger partial charge < -0.3 is 28.1 Å². The Morgan fingerprint density at radius 1 is 1.12 bits per heavy atom. The van der Waals surface area contributed by atoms with Gasteiger partial charge in [-0.2, -0.15) is 0 Å². The quantitative estimate of drug-likeness (QED) is 0.537. The van der Waals surface area contributed by atoms with Crippen molar-refractivity contribution in [2.45, 2.75) is 52.1 Å². The number of rotatable bonds is 6. The Kier molecular flexibility index (Phi) is 14.7. The molecule has 0 fully saturated rings. The molecule has 0 aliphatic carbocycles. The first kappa shape index (κ1) is 21.4. The van der Waals surface area contributed by atoms with Crippen molar-refractivity contribution in [1.82, 2.24) is 17.6 Å². The molecular weight excluding hydrogens is 220 g/mol. The summed E-state index contributed by atoms with van der Waals surface area (Å²) in [6.45, 7) is 6.99. The minimum atomic E-state index is -0.413. The number of nitrogens with two attached hydrogens (primary N) is 1. The molecule has 17 heavy (non-hydrogen) atoms. The van der Waals surface area contributed by atoms with Crippen LogP contribution in [-0.2, 0) is 4.74 Å². The number of hydrogen-bond donors (Lipinski definition) is 4. The highest BCUT2D eigenvalue weighted by atomic mass is 16.6. The molecule has 0 saturated heterocycles. The molecule has 0 aromatic carbocycles. The molecule has 6 nitrogen and oxygen atoms in total. The number of amides is 1. The first-order valence-electron chi connectivity index (χ1n) is 5.62. The van der Waals surface area contributed by atoms with Gasteiger partial charge in [0.15, 0.2) is 0 Å². The first-order chi connectivity index (χ1) is 6.95. The van der Waals surface area contributed by atoms with Gasteiger partial charge in [-0.3, -0.25) is 0 Å². The molecule has 0 aromatic heterocycles. The minimum Gasteiger partial charge on any atom is -0.444 e. The van der Waals surface area contributed by atoms with Gasteiger partial charge in [0.1, 0.15) is 5.60 Å². The van der Waals surface area contributed by atoms with Crippen LogP contribution in [-0.4, -0.2) is 24.8 Å². The second-order valence-electron chi connectivity index (χ2n) is 4.63. The zero-order valence-corrected chi connectivity index (χ0v) is 11.6. The lowest BCUT2D eigenvalue weighted by molar-refractivity contribution is 0.0527. The summed E-state index contributed by atoms with van der Waals surface area (Å²) in [5, 5.41) is 2.72. The summed E-state index contributed by atoms with van der Waals surface area (Å²) in [5.74, 6) is 0. The second kappa shape index (κ2) is 11.6. The molecule has 0 aliphatic rings. The molecule has 0 atom stereocenters. The van der Waals surface area contributed by atoms with Gasteiger partial charge in [-0.1, -0.05) is 12.8 Å². The molecule has 9 N–H and O–H groups in total. The lowest BCUT2D eigenvalue weighted by Gasteiger charge is -2.19. The van der Waals surface area contributed by atoms with E-state index in [4.69, 9.17) is 10.5 Å². The zero-order chi connectivity index (χ0) is 11.7. The van der Waals surface area contributed by atoms with E-state index in [0.717, 1.165) is 32.2 Å². The van der Waals surface area contributed by atoms with Crippen LogP contribution in [0.2, 0.25) is 0 Å². The summed E-state index contributed by atoms with van der Waals surface area (Å²) < 4.78 is 5.10. The number of carbonyl (C=O) groups excluding carboxylic acids is 1. The minimum absolute atomic E-state index is 0. The van der Waals surface area contributed by atoms with Crippen LogP contribution in [0.4, 0.5) is 4.79 Å². The molecule has 0 rings (SSSR count). The number of unbranched alkanes of at least 4 members (excludes halogenated alkanes) is 3. The molecule has 0 spiro atoms. The number of ether oxygens (including phenoxy) is 1. The second-order valence-corrected chi connectivity index (χ2v) is 4.63. The van der Waals surface area contributed by atoms with E-state index in [1.165, 1.54) is 0 Å². The average molecular weight is 250 g/mol. The fourth-order valence-electron chi connectivity index (χ4n) is 1.13. The summed E-state index contributed by atoms with van der Waals surface area (Å²) in [4.78, 5) is 11.2. The van der Waals surface area contributed by atoms with E-state index in [9.17, 15) is 4.79 Å². The molecule has 0 saturated carbocycles. The van der Waals surface area contributed by atoms with Crippen LogP contribution < -0.4 is 23.4 Å². The Morgan fingerprint density at radius 2 is 1.65 bits per heavy atom. The Bertz CT molecular complexity index is 181. The molecule has 1 amide bonds. The van der Waals surface area contributed by atoms with Gasteiger partial charge in [0, 0.05) is 6.54 Å². The van der Waals surface area contributed by atoms with Crippen molar-refractivity contribution < 1.29 is 9.53 Å². The van der Waals surface area contributed by atoms with Crippen molar-refractivity contribution in [3.05, 3.63) is 0 Å². The number of alkyl carbamates (subject to hydrolysis) is 1. The summed E-state index contributed by atoms with van der Waals surface area (Å²) >= 11 is 0. The third-order valence-corrected chi connectivity index (χ3v) is 1.80. The number of carbonyl (C=O) groups is 1. The Morgan fingerprint density at radius 3 is 2.12 bits per heavy atom. The van der Waals surface area contributed by atoms with E-state index >= 15 is 0 Å². The van der Waals surface area contributed by atoms with Crippen LogP contribution in [0.15, 0.2) is 0 Å². The Hall–Kier alpha value is -0.850. The topological polar surface area (TPSA) is 134 Å². The fourth-order valence-corrected chi connectivity index (χ4v) is 1.13. The molecular formula is C11H30N4O2. The van der Waals surface area contributed by atoms with E-state index in [1.807, 2.05) is 20.8 Å². The van der Waals surface area contributed by atoms with Gasteiger partial charge in [0.05, 0.1) is 0 Å². The van der Waals surface area contributed by atoms with E-state index in [1.54, 1.807) is 0 Å². The van der Waals surface area contributed by atoms with Gasteiger partial charge in [-0.25, -0.2) is 4.79 Å². The summed E-state index contributed by atoms with van der Waals surface area (Å²) in [7, 11) is 0. The van der Waals surface area contributed by atoms with Crippen molar-refractivity contribution in [2.24, 2.45) is 5.73 Å². The predicted molar refractivity (Wildman–Crippen MR) is 71.8 cm³/mol. The van der Waals surface area contributed by atoms with E-state index in [0.29, 0.717) is 6.54 Å². The van der Waals surface area contributed by atoms with Crippen LogP contribution >= 0.6 is 0 Å². The van der Waals surface area contributed by atoms with Crippen molar-refractivity contribution in [1.29, 1.82) is 0 Å². The maximum Gasteiger partial charge on any atom is 0.407 e. The maximum absolute atomic E-state index is 11.2. The molecule has 0 aromatic rings. The SMILES string of the molecule is CC(C)(C)OC(=O)NCCCCCCN.N.N. The molecule has 0 unspecified atom stereocenters. The summed E-state index contributed by atoms with van der Waals surface area (Å²) in [6, 6.07) is 0. The van der Waals surface area contributed by atoms with Crippen LogP contribution in [0.1, 0.15) is 46.5 Å². The van der Waals surface area contributed by atoms with Gasteiger partial charge in [-0.05, 0) is 40.2 Å². The van der Waals surface area contributed by atoms with Gasteiger partial charge in [0.25, 0.3) is 0 Å². The Balaban J connectivity index is -0.000000980. The highest BCUT2D eigenvalue weighted by Gasteiger charge is 2.15. The lowest BCUT2D eigenvalue weighted by Crippen LogP contribution is -2.32. The van der Waals surface area contributed by atoms with Crippen molar-refractivity contribution in [2.75, 3.05) is 13.1 Å². The van der Waals surface area contributed by atoms with Crippen LogP contribution in [0.5, 0.6) is 0 Å². The highest BCUT2D eigenvalue weighted by Crippen LogP contribution is 2.06. The number of hydrogen-bond acceptors (Lipinski definition) is 5. The molecule has 0 bridgehead atoms. The monoisotopic (exact) mass is 250 g/mol. The third kappa shape index (κ3) is 17.7. The van der Waals surface area contributed by atoms with E-state index in [2.05, 4.69) is 5.32 Å². The zero-order valence-electron chi connectivity index (χ0n) is 11.6. The van der Waals surface area contributed by atoms with Crippen molar-refractivity contribution in [3.8, 4) is 0 Å². The number of nitrogens with one attached hydrogen (secondary N) is 1. The largest absolute Gasteiger partial charge is 0.444 e. The lowest BCUT2D eigenvalue weighted by atomic mass is 10.2. The van der Waals surface area contributed by atoms with Crippen LogP contribution in [0.25, 0.3) is 0 Å². The van der Waals surface area contributed by atoms with Crippen LogP contribution in [0, 0.1) is 0 Å².